The molecule has 1 rings (SSSR count). The normalized spacial score (nSPS) is 15.3. The second-order valence-corrected chi connectivity index (χ2v) is 3.76. The summed E-state index contributed by atoms with van der Waals surface area (Å²) in [6, 6.07) is 6.74. The van der Waals surface area contributed by atoms with E-state index in [0.29, 0.717) is 5.92 Å². The third kappa shape index (κ3) is 2.99. The van der Waals surface area contributed by atoms with Crippen molar-refractivity contribution in [3.05, 3.63) is 35.4 Å². The summed E-state index contributed by atoms with van der Waals surface area (Å²) in [5.74, 6) is 0.419. The van der Waals surface area contributed by atoms with Crippen molar-refractivity contribution < 1.29 is 13.9 Å². The molecule has 0 saturated carbocycles. The van der Waals surface area contributed by atoms with Gasteiger partial charge in [0.2, 0.25) is 0 Å². The maximum atomic E-state index is 12.2. The first-order valence-corrected chi connectivity index (χ1v) is 5.12. The van der Waals surface area contributed by atoms with E-state index in [-0.39, 0.29) is 5.56 Å². The number of rotatable bonds is 4. The fourth-order valence-corrected chi connectivity index (χ4v) is 1.40. The van der Waals surface area contributed by atoms with Gasteiger partial charge in [-0.2, -0.15) is 0 Å². The average Bonchev–Trinajstić information content (AvgIpc) is 2.27. The van der Waals surface area contributed by atoms with Crippen LogP contribution in [0.2, 0.25) is 0 Å². The molecule has 1 aromatic rings. The molecule has 15 heavy (non-hydrogen) atoms. The number of aliphatic hydroxyl groups excluding tert-OH is 1. The predicted molar refractivity (Wildman–Crippen MR) is 56.1 cm³/mol. The molecule has 3 heteroatoms. The maximum absolute atomic E-state index is 12.2. The maximum Gasteiger partial charge on any atom is 0.268 e. The highest BCUT2D eigenvalue weighted by molar-refractivity contribution is 5.26. The van der Waals surface area contributed by atoms with Crippen LogP contribution in [0.15, 0.2) is 24.3 Å². The van der Waals surface area contributed by atoms with Crippen molar-refractivity contribution in [1.29, 1.82) is 0 Å². The molecule has 0 aliphatic heterocycles. The van der Waals surface area contributed by atoms with E-state index in [0.717, 1.165) is 12.0 Å². The van der Waals surface area contributed by atoms with Crippen LogP contribution in [0, 0.1) is 0 Å². The van der Waals surface area contributed by atoms with Gasteiger partial charge in [-0.05, 0) is 23.5 Å². The highest BCUT2D eigenvalue weighted by Gasteiger charge is 2.18. The van der Waals surface area contributed by atoms with E-state index in [1.807, 2.05) is 0 Å². The van der Waals surface area contributed by atoms with E-state index < -0.39 is 12.5 Å². The summed E-state index contributed by atoms with van der Waals surface area (Å²) in [5.41, 5.74) is 1.39. The van der Waals surface area contributed by atoms with Crippen molar-refractivity contribution in [2.75, 3.05) is 0 Å². The second-order valence-electron chi connectivity index (χ2n) is 3.76. The minimum absolute atomic E-state index is 0.275. The van der Waals surface area contributed by atoms with Crippen molar-refractivity contribution in [3.8, 4) is 0 Å². The summed E-state index contributed by atoms with van der Waals surface area (Å²) in [7, 11) is 0. The van der Waals surface area contributed by atoms with Crippen LogP contribution in [0.5, 0.6) is 0 Å². The molecular weight excluding hydrogens is 198 g/mol. The van der Waals surface area contributed by atoms with E-state index in [2.05, 4.69) is 13.8 Å². The summed E-state index contributed by atoms with van der Waals surface area (Å²) in [5, 5.41) is 9.13. The standard InChI is InChI=1S/C12H16F2O/c1-3-8(2)9-4-6-10(7-5-9)11(15)12(13)14/h4-8,11-12,15H,3H2,1-2H3. The van der Waals surface area contributed by atoms with Gasteiger partial charge in [0.1, 0.15) is 6.10 Å². The van der Waals surface area contributed by atoms with Crippen molar-refractivity contribution in [2.45, 2.75) is 38.7 Å². The van der Waals surface area contributed by atoms with Crippen LogP contribution in [-0.4, -0.2) is 11.5 Å². The molecule has 1 nitrogen and oxygen atoms in total. The molecule has 2 unspecified atom stereocenters. The first-order chi connectivity index (χ1) is 7.06. The fourth-order valence-electron chi connectivity index (χ4n) is 1.40. The Balaban J connectivity index is 2.80. The Kier molecular flexibility index (Phi) is 4.21. The van der Waals surface area contributed by atoms with Gasteiger partial charge in [-0.3, -0.25) is 0 Å². The van der Waals surface area contributed by atoms with E-state index in [1.165, 1.54) is 0 Å². The van der Waals surface area contributed by atoms with Crippen LogP contribution >= 0.6 is 0 Å². The van der Waals surface area contributed by atoms with E-state index in [1.54, 1.807) is 24.3 Å². The van der Waals surface area contributed by atoms with Crippen molar-refractivity contribution in [1.82, 2.24) is 0 Å². The summed E-state index contributed by atoms with van der Waals surface area (Å²) in [6.45, 7) is 4.16. The fraction of sp³-hybridized carbons (Fsp3) is 0.500. The molecular formula is C12H16F2O. The van der Waals surface area contributed by atoms with Crippen LogP contribution in [0.4, 0.5) is 8.78 Å². The van der Waals surface area contributed by atoms with Crippen LogP contribution in [0.25, 0.3) is 0 Å². The first-order valence-electron chi connectivity index (χ1n) is 5.12. The minimum Gasteiger partial charge on any atom is -0.382 e. The Hall–Kier alpha value is -0.960. The van der Waals surface area contributed by atoms with Gasteiger partial charge in [0.05, 0.1) is 0 Å². The Labute approximate surface area is 88.7 Å². The van der Waals surface area contributed by atoms with Gasteiger partial charge in [-0.1, -0.05) is 38.1 Å². The smallest absolute Gasteiger partial charge is 0.268 e. The predicted octanol–water partition coefficient (Wildman–Crippen LogP) is 3.50. The van der Waals surface area contributed by atoms with Gasteiger partial charge in [0.25, 0.3) is 6.43 Å². The lowest BCUT2D eigenvalue weighted by Crippen LogP contribution is -2.07. The van der Waals surface area contributed by atoms with Gasteiger partial charge >= 0.3 is 0 Å². The Morgan fingerprint density at radius 3 is 2.00 bits per heavy atom. The summed E-state index contributed by atoms with van der Waals surface area (Å²) < 4.78 is 24.4. The lowest BCUT2D eigenvalue weighted by Gasteiger charge is -2.12. The van der Waals surface area contributed by atoms with Crippen LogP contribution < -0.4 is 0 Å². The highest BCUT2D eigenvalue weighted by atomic mass is 19.3. The molecule has 0 amide bonds. The summed E-state index contributed by atoms with van der Waals surface area (Å²) in [6.07, 6.45) is -3.38. The molecule has 0 aliphatic rings. The molecule has 0 heterocycles. The molecule has 84 valence electrons. The molecule has 0 saturated heterocycles. The topological polar surface area (TPSA) is 20.2 Å². The number of benzene rings is 1. The first kappa shape index (κ1) is 12.1. The van der Waals surface area contributed by atoms with Crippen molar-refractivity contribution >= 4 is 0 Å². The zero-order valence-electron chi connectivity index (χ0n) is 8.95. The molecule has 0 spiro atoms. The Morgan fingerprint density at radius 1 is 1.13 bits per heavy atom. The molecule has 0 aromatic heterocycles. The van der Waals surface area contributed by atoms with Gasteiger partial charge in [-0.15, -0.1) is 0 Å². The van der Waals surface area contributed by atoms with Gasteiger partial charge in [-0.25, -0.2) is 8.78 Å². The minimum atomic E-state index is -2.72. The van der Waals surface area contributed by atoms with Crippen LogP contribution in [-0.2, 0) is 0 Å². The molecule has 0 radical (unpaired) electrons. The molecule has 0 aliphatic carbocycles. The number of alkyl halides is 2. The second kappa shape index (κ2) is 5.21. The quantitative estimate of drug-likeness (QED) is 0.813. The SMILES string of the molecule is CCC(C)c1ccc(C(O)C(F)F)cc1. The van der Waals surface area contributed by atoms with Crippen LogP contribution in [0.1, 0.15) is 43.4 Å². The highest BCUT2D eigenvalue weighted by Crippen LogP contribution is 2.24. The zero-order valence-corrected chi connectivity index (χ0v) is 8.95. The van der Waals surface area contributed by atoms with Gasteiger partial charge in [0.15, 0.2) is 0 Å². The molecule has 1 N–H and O–H groups in total. The number of hydrogen-bond acceptors (Lipinski definition) is 1. The van der Waals surface area contributed by atoms with Crippen LogP contribution in [0.3, 0.4) is 0 Å². The number of aliphatic hydroxyl groups is 1. The number of halogens is 2. The molecule has 0 bridgehead atoms. The lowest BCUT2D eigenvalue weighted by atomic mass is 9.97. The van der Waals surface area contributed by atoms with Gasteiger partial charge in [0, 0.05) is 0 Å². The van der Waals surface area contributed by atoms with Gasteiger partial charge < -0.3 is 5.11 Å². The summed E-state index contributed by atoms with van der Waals surface area (Å²) >= 11 is 0. The lowest BCUT2D eigenvalue weighted by molar-refractivity contribution is -0.00578. The van der Waals surface area contributed by atoms with E-state index in [4.69, 9.17) is 5.11 Å². The van der Waals surface area contributed by atoms with E-state index >= 15 is 0 Å². The monoisotopic (exact) mass is 214 g/mol. The Morgan fingerprint density at radius 2 is 1.60 bits per heavy atom. The van der Waals surface area contributed by atoms with Crippen molar-refractivity contribution in [3.63, 3.8) is 0 Å². The molecule has 2 atom stereocenters. The summed E-state index contributed by atoms with van der Waals surface area (Å²) in [4.78, 5) is 0. The Bertz CT molecular complexity index is 295. The third-order valence-corrected chi connectivity index (χ3v) is 2.70. The van der Waals surface area contributed by atoms with E-state index in [9.17, 15) is 8.78 Å². The van der Waals surface area contributed by atoms with Crippen molar-refractivity contribution in [2.24, 2.45) is 0 Å². The zero-order chi connectivity index (χ0) is 11.4. The molecule has 1 aromatic carbocycles. The number of hydrogen-bond donors (Lipinski definition) is 1. The average molecular weight is 214 g/mol. The molecule has 0 fully saturated rings. The largest absolute Gasteiger partial charge is 0.382 e. The third-order valence-electron chi connectivity index (χ3n) is 2.70.